The number of phenols is 1. The Balaban J connectivity index is 2.24. The van der Waals surface area contributed by atoms with E-state index in [9.17, 15) is 14.3 Å². The summed E-state index contributed by atoms with van der Waals surface area (Å²) in [4.78, 5) is 15.4. The Hall–Kier alpha value is -2.43. The normalized spacial score (nSPS) is 10.1. The summed E-state index contributed by atoms with van der Waals surface area (Å²) >= 11 is 0. The van der Waals surface area contributed by atoms with Crippen molar-refractivity contribution in [2.75, 3.05) is 5.32 Å². The van der Waals surface area contributed by atoms with Gasteiger partial charge in [-0.3, -0.25) is 4.79 Å². The summed E-state index contributed by atoms with van der Waals surface area (Å²) in [5.41, 5.74) is 0.964. The van der Waals surface area contributed by atoms with E-state index in [1.807, 2.05) is 0 Å². The van der Waals surface area contributed by atoms with Crippen molar-refractivity contribution in [1.82, 2.24) is 4.98 Å². The number of rotatable bonds is 2. The van der Waals surface area contributed by atoms with E-state index >= 15 is 0 Å². The quantitative estimate of drug-likeness (QED) is 0.800. The predicted molar refractivity (Wildman–Crippen MR) is 65.0 cm³/mol. The number of aromatic nitrogens is 1. The van der Waals surface area contributed by atoms with Crippen molar-refractivity contribution < 1.29 is 14.3 Å². The number of pyridine rings is 1. The van der Waals surface area contributed by atoms with Crippen molar-refractivity contribution >= 4 is 11.7 Å². The van der Waals surface area contributed by atoms with Crippen LogP contribution in [0.1, 0.15) is 15.9 Å². The summed E-state index contributed by atoms with van der Waals surface area (Å²) in [5.74, 6) is -1.24. The van der Waals surface area contributed by atoms with Gasteiger partial charge in [0.2, 0.25) is 5.95 Å². The molecule has 0 unspecified atom stereocenters. The zero-order valence-electron chi connectivity index (χ0n) is 9.64. The first-order chi connectivity index (χ1) is 8.56. The molecule has 2 N–H and O–H groups in total. The smallest absolute Gasteiger partial charge is 0.260 e. The second-order valence-corrected chi connectivity index (χ2v) is 3.82. The van der Waals surface area contributed by atoms with Gasteiger partial charge in [-0.2, -0.15) is 4.39 Å². The van der Waals surface area contributed by atoms with Gasteiger partial charge < -0.3 is 10.4 Å². The van der Waals surface area contributed by atoms with Gasteiger partial charge in [0.25, 0.3) is 5.91 Å². The van der Waals surface area contributed by atoms with Crippen LogP contribution in [-0.4, -0.2) is 16.0 Å². The number of phenolic OH excluding ortho intramolecular Hbond substituents is 1. The number of aryl methyl sites for hydroxylation is 1. The fourth-order valence-electron chi connectivity index (χ4n) is 1.49. The molecule has 0 radical (unpaired) electrons. The van der Waals surface area contributed by atoms with E-state index in [2.05, 4.69) is 10.3 Å². The number of anilines is 1. The maximum Gasteiger partial charge on any atom is 0.260 e. The molecule has 0 saturated carbocycles. The van der Waals surface area contributed by atoms with Gasteiger partial charge in [0.15, 0.2) is 0 Å². The fourth-order valence-corrected chi connectivity index (χ4v) is 1.49. The molecule has 2 aromatic rings. The molecule has 0 aliphatic rings. The van der Waals surface area contributed by atoms with E-state index in [-0.39, 0.29) is 17.1 Å². The zero-order valence-corrected chi connectivity index (χ0v) is 9.64. The highest BCUT2D eigenvalue weighted by Crippen LogP contribution is 2.19. The molecule has 92 valence electrons. The zero-order chi connectivity index (χ0) is 13.1. The molecule has 0 aliphatic heterocycles. The van der Waals surface area contributed by atoms with Gasteiger partial charge in [-0.25, -0.2) is 4.98 Å². The number of nitrogens with zero attached hydrogens (tertiary/aromatic N) is 1. The third kappa shape index (κ3) is 2.63. The third-order valence-electron chi connectivity index (χ3n) is 2.35. The first-order valence-electron chi connectivity index (χ1n) is 5.30. The summed E-state index contributed by atoms with van der Waals surface area (Å²) in [6.07, 6.45) is 0. The van der Waals surface area contributed by atoms with Crippen LogP contribution in [0, 0.1) is 12.9 Å². The molecule has 0 aliphatic carbocycles. The van der Waals surface area contributed by atoms with Crippen molar-refractivity contribution in [1.29, 1.82) is 0 Å². The van der Waals surface area contributed by atoms with Gasteiger partial charge in [-0.05, 0) is 31.2 Å². The molecule has 1 amide bonds. The van der Waals surface area contributed by atoms with Crippen molar-refractivity contribution in [3.05, 3.63) is 53.5 Å². The Bertz CT molecular complexity index is 599. The molecule has 0 saturated heterocycles. The van der Waals surface area contributed by atoms with E-state index in [0.29, 0.717) is 0 Å². The fraction of sp³-hybridized carbons (Fsp3) is 0.0769. The standard InChI is InChI=1S/C13H11FN2O2/c1-8-5-6-10(17)9(7-8)13(18)16-12-4-2-3-11(14)15-12/h2-7,17H,1H3,(H,15,16,18). The lowest BCUT2D eigenvalue weighted by atomic mass is 10.1. The highest BCUT2D eigenvalue weighted by Gasteiger charge is 2.12. The maximum atomic E-state index is 12.9. The first-order valence-corrected chi connectivity index (χ1v) is 5.30. The number of halogens is 1. The summed E-state index contributed by atoms with van der Waals surface area (Å²) in [7, 11) is 0. The van der Waals surface area contributed by atoms with Gasteiger partial charge in [-0.15, -0.1) is 0 Å². The largest absolute Gasteiger partial charge is 0.507 e. The van der Waals surface area contributed by atoms with Crippen LogP contribution >= 0.6 is 0 Å². The summed E-state index contributed by atoms with van der Waals surface area (Å²) in [6.45, 7) is 1.80. The predicted octanol–water partition coefficient (Wildman–Crippen LogP) is 2.49. The van der Waals surface area contributed by atoms with Crippen LogP contribution in [0.2, 0.25) is 0 Å². The second kappa shape index (κ2) is 4.83. The number of amides is 1. The number of hydrogen-bond acceptors (Lipinski definition) is 3. The Morgan fingerprint density at radius 2 is 2.11 bits per heavy atom. The van der Waals surface area contributed by atoms with Crippen molar-refractivity contribution in [3.8, 4) is 5.75 Å². The number of nitrogens with one attached hydrogen (secondary N) is 1. The third-order valence-corrected chi connectivity index (χ3v) is 2.35. The lowest BCUT2D eigenvalue weighted by molar-refractivity contribution is 0.102. The average Bonchev–Trinajstić information content (AvgIpc) is 2.32. The van der Waals surface area contributed by atoms with Gasteiger partial charge in [0, 0.05) is 0 Å². The molecule has 1 aromatic carbocycles. The van der Waals surface area contributed by atoms with Crippen LogP contribution in [-0.2, 0) is 0 Å². The Kier molecular flexibility index (Phi) is 3.23. The summed E-state index contributed by atoms with van der Waals surface area (Å²) in [6, 6.07) is 8.75. The highest BCUT2D eigenvalue weighted by molar-refractivity contribution is 6.05. The minimum absolute atomic E-state index is 0.0981. The molecule has 0 bridgehead atoms. The Labute approximate surface area is 103 Å². The molecule has 0 atom stereocenters. The first kappa shape index (κ1) is 12.0. The minimum Gasteiger partial charge on any atom is -0.507 e. The van der Waals surface area contributed by atoms with E-state index in [1.54, 1.807) is 19.1 Å². The van der Waals surface area contributed by atoms with Gasteiger partial charge >= 0.3 is 0 Å². The molecule has 0 spiro atoms. The lowest BCUT2D eigenvalue weighted by Crippen LogP contribution is -2.13. The Morgan fingerprint density at radius 3 is 2.83 bits per heavy atom. The van der Waals surface area contributed by atoms with Crippen LogP contribution in [0.4, 0.5) is 10.2 Å². The minimum atomic E-state index is -0.679. The average molecular weight is 246 g/mol. The van der Waals surface area contributed by atoms with Crippen molar-refractivity contribution in [2.24, 2.45) is 0 Å². The van der Waals surface area contributed by atoms with Crippen LogP contribution in [0.25, 0.3) is 0 Å². The molecule has 1 aromatic heterocycles. The molecular formula is C13H11FN2O2. The van der Waals surface area contributed by atoms with Gasteiger partial charge in [-0.1, -0.05) is 17.7 Å². The highest BCUT2D eigenvalue weighted by atomic mass is 19.1. The van der Waals surface area contributed by atoms with E-state index < -0.39 is 11.9 Å². The van der Waals surface area contributed by atoms with Crippen LogP contribution in [0.5, 0.6) is 5.75 Å². The van der Waals surface area contributed by atoms with E-state index in [4.69, 9.17) is 0 Å². The molecular weight excluding hydrogens is 235 g/mol. The SMILES string of the molecule is Cc1ccc(O)c(C(=O)Nc2cccc(F)n2)c1. The summed E-state index contributed by atoms with van der Waals surface area (Å²) < 4.78 is 12.9. The molecule has 5 heteroatoms. The lowest BCUT2D eigenvalue weighted by Gasteiger charge is -2.06. The second-order valence-electron chi connectivity index (χ2n) is 3.82. The molecule has 2 rings (SSSR count). The molecule has 1 heterocycles. The van der Waals surface area contributed by atoms with Crippen LogP contribution in [0.15, 0.2) is 36.4 Å². The number of aromatic hydroxyl groups is 1. The number of benzene rings is 1. The van der Waals surface area contributed by atoms with E-state index in [0.717, 1.165) is 5.56 Å². The van der Waals surface area contributed by atoms with Crippen molar-refractivity contribution in [3.63, 3.8) is 0 Å². The monoisotopic (exact) mass is 246 g/mol. The van der Waals surface area contributed by atoms with E-state index in [1.165, 1.54) is 24.3 Å². The number of carbonyl (C=O) groups excluding carboxylic acids is 1. The molecule has 18 heavy (non-hydrogen) atoms. The van der Waals surface area contributed by atoms with Crippen LogP contribution < -0.4 is 5.32 Å². The van der Waals surface area contributed by atoms with Gasteiger partial charge in [0.1, 0.15) is 11.6 Å². The molecule has 4 nitrogen and oxygen atoms in total. The Morgan fingerprint density at radius 1 is 1.33 bits per heavy atom. The maximum absolute atomic E-state index is 12.9. The number of hydrogen-bond donors (Lipinski definition) is 2. The number of carbonyl (C=O) groups is 1. The topological polar surface area (TPSA) is 62.2 Å². The van der Waals surface area contributed by atoms with Gasteiger partial charge in [0.05, 0.1) is 5.56 Å². The molecule has 0 fully saturated rings. The van der Waals surface area contributed by atoms with Crippen molar-refractivity contribution in [2.45, 2.75) is 6.92 Å². The van der Waals surface area contributed by atoms with Crippen LogP contribution in [0.3, 0.4) is 0 Å². The summed E-state index contributed by atoms with van der Waals surface area (Å²) in [5, 5.41) is 12.0.